The second kappa shape index (κ2) is 13.9. The number of likely N-dealkylation sites (tertiary alicyclic amines) is 2. The average molecular weight is 644 g/mol. The number of aryl methyl sites for hydroxylation is 1. The quantitative estimate of drug-likeness (QED) is 0.437. The lowest BCUT2D eigenvalue weighted by Crippen LogP contribution is -2.53. The molecule has 1 atom stereocenters. The zero-order chi connectivity index (χ0) is 32.3. The van der Waals surface area contributed by atoms with Gasteiger partial charge in [-0.2, -0.15) is 0 Å². The number of nitrogens with zero attached hydrogens (tertiary/aromatic N) is 6. The lowest BCUT2D eigenvalue weighted by molar-refractivity contribution is -0.142. The monoisotopic (exact) mass is 643 g/mol. The molecule has 1 aromatic carbocycles. The van der Waals surface area contributed by atoms with Crippen molar-refractivity contribution in [3.63, 3.8) is 0 Å². The minimum atomic E-state index is -0.935. The molecule has 3 saturated heterocycles. The number of para-hydroxylation sites is 1. The summed E-state index contributed by atoms with van der Waals surface area (Å²) in [7, 11) is 0. The van der Waals surface area contributed by atoms with E-state index in [2.05, 4.69) is 21.3 Å². The Balaban J connectivity index is 1.00. The summed E-state index contributed by atoms with van der Waals surface area (Å²) < 4.78 is 13.6. The topological polar surface area (TPSA) is 112 Å². The van der Waals surface area contributed by atoms with Crippen molar-refractivity contribution in [2.24, 2.45) is 0 Å². The molecule has 2 aromatic heterocycles. The normalized spacial score (nSPS) is 20.9. The number of carbonyl (C=O) groups excluding carboxylic acids is 3. The molecule has 250 valence electrons. The lowest BCUT2D eigenvalue weighted by Gasteiger charge is -2.41. The highest BCUT2D eigenvalue weighted by Gasteiger charge is 2.36. The molecule has 12 heteroatoms. The van der Waals surface area contributed by atoms with Gasteiger partial charge in [0.1, 0.15) is 5.65 Å². The Bertz CT molecular complexity index is 1590. The lowest BCUT2D eigenvalue weighted by atomic mass is 10.0. The maximum absolute atomic E-state index is 14.0. The molecule has 0 spiro atoms. The zero-order valence-electron chi connectivity index (χ0n) is 27.2. The number of hydrogen-bond donors (Lipinski definition) is 1. The number of fused-ring (bicyclic) bond motifs is 2. The summed E-state index contributed by atoms with van der Waals surface area (Å²) in [5, 5.41) is 3.06. The summed E-state index contributed by atoms with van der Waals surface area (Å²) in [4.78, 5) is 53.1. The van der Waals surface area contributed by atoms with Crippen LogP contribution in [0.1, 0.15) is 42.4 Å². The number of carbonyl (C=O) groups is 3. The predicted octanol–water partition coefficient (Wildman–Crippen LogP) is 3.57. The number of imidazole rings is 1. The van der Waals surface area contributed by atoms with E-state index in [-0.39, 0.29) is 24.4 Å². The molecule has 1 N–H and O–H groups in total. The van der Waals surface area contributed by atoms with E-state index in [4.69, 9.17) is 9.47 Å². The molecule has 0 radical (unpaired) electrons. The van der Waals surface area contributed by atoms with Crippen LogP contribution in [0.15, 0.2) is 48.9 Å². The third-order valence-electron chi connectivity index (χ3n) is 10.3. The van der Waals surface area contributed by atoms with E-state index < -0.39 is 12.2 Å². The maximum atomic E-state index is 14.0. The average Bonchev–Trinajstić information content (AvgIpc) is 3.52. The number of hydrogen-bond acceptors (Lipinski definition) is 7. The van der Waals surface area contributed by atoms with Crippen molar-refractivity contribution in [1.82, 2.24) is 29.0 Å². The first kappa shape index (κ1) is 31.4. The number of morpholine rings is 1. The SMILES string of the molecule is Cc1cc(CC(OC(=O)N2CCC(N3CCc4ccccc4NC3=O)CC2)C(=O)N2CCC(N3CCOCC3)CC2)cn2ccnc12. The van der Waals surface area contributed by atoms with Crippen LogP contribution >= 0.6 is 0 Å². The minimum Gasteiger partial charge on any atom is -0.436 e. The van der Waals surface area contributed by atoms with Gasteiger partial charge in [-0.1, -0.05) is 24.3 Å². The van der Waals surface area contributed by atoms with Gasteiger partial charge in [0, 0.05) is 88.6 Å². The van der Waals surface area contributed by atoms with Gasteiger partial charge in [0.25, 0.3) is 5.91 Å². The number of aromatic nitrogens is 2. The van der Waals surface area contributed by atoms with Crippen LogP contribution in [0.4, 0.5) is 15.3 Å². The highest BCUT2D eigenvalue weighted by molar-refractivity contribution is 5.91. The minimum absolute atomic E-state index is 0.0310. The van der Waals surface area contributed by atoms with Crippen LogP contribution < -0.4 is 5.32 Å². The Morgan fingerprint density at radius 1 is 0.979 bits per heavy atom. The van der Waals surface area contributed by atoms with Gasteiger partial charge in [0.05, 0.1) is 13.2 Å². The van der Waals surface area contributed by atoms with Crippen LogP contribution in [0.2, 0.25) is 0 Å². The second-order valence-electron chi connectivity index (χ2n) is 13.2. The fraction of sp³-hybridized carbons (Fsp3) is 0.543. The molecule has 7 rings (SSSR count). The number of urea groups is 1. The van der Waals surface area contributed by atoms with Crippen LogP contribution in [-0.2, 0) is 27.1 Å². The van der Waals surface area contributed by atoms with Gasteiger partial charge in [-0.15, -0.1) is 0 Å². The van der Waals surface area contributed by atoms with Crippen LogP contribution in [0.25, 0.3) is 5.65 Å². The molecule has 12 nitrogen and oxygen atoms in total. The number of amides is 4. The Labute approximate surface area is 275 Å². The largest absolute Gasteiger partial charge is 0.436 e. The fourth-order valence-electron chi connectivity index (χ4n) is 7.68. The molecule has 3 fully saturated rings. The van der Waals surface area contributed by atoms with Gasteiger partial charge in [-0.05, 0) is 61.8 Å². The number of anilines is 1. The molecule has 0 bridgehead atoms. The standard InChI is InChI=1S/C35H45N7O5/c1-25-22-26(24-41-17-11-36-32(25)41)23-31(33(43)39-12-7-28(8-13-39)38-18-20-46-21-19-38)47-35(45)40-14-9-29(10-15-40)42-16-6-27-4-2-3-5-30(27)37-34(42)44/h2-5,11,17,22,24,28-29,31H,6-10,12-16,18-21,23H2,1H3,(H,37,44). The molecule has 6 heterocycles. The number of piperidine rings is 2. The summed E-state index contributed by atoms with van der Waals surface area (Å²) in [5.74, 6) is -0.141. The molecule has 1 unspecified atom stereocenters. The predicted molar refractivity (Wildman–Crippen MR) is 176 cm³/mol. The van der Waals surface area contributed by atoms with Gasteiger partial charge in [0.2, 0.25) is 0 Å². The second-order valence-corrected chi connectivity index (χ2v) is 13.2. The number of nitrogens with one attached hydrogen (secondary N) is 1. The van der Waals surface area contributed by atoms with E-state index in [1.54, 1.807) is 11.1 Å². The number of rotatable bonds is 6. The Morgan fingerprint density at radius 3 is 2.49 bits per heavy atom. The summed E-state index contributed by atoms with van der Waals surface area (Å²) in [6.07, 6.45) is 8.38. The van der Waals surface area contributed by atoms with Crippen molar-refractivity contribution in [1.29, 1.82) is 0 Å². The molecule has 0 saturated carbocycles. The molecular weight excluding hydrogens is 598 g/mol. The van der Waals surface area contributed by atoms with E-state index in [9.17, 15) is 14.4 Å². The molecule has 4 aliphatic rings. The summed E-state index contributed by atoms with van der Waals surface area (Å²) >= 11 is 0. The highest BCUT2D eigenvalue weighted by atomic mass is 16.6. The zero-order valence-corrected chi connectivity index (χ0v) is 27.2. The number of pyridine rings is 1. The first-order chi connectivity index (χ1) is 22.9. The van der Waals surface area contributed by atoms with Gasteiger partial charge < -0.3 is 33.9 Å². The van der Waals surface area contributed by atoms with Crippen molar-refractivity contribution >= 4 is 29.4 Å². The molecule has 3 aromatic rings. The van der Waals surface area contributed by atoms with Crippen molar-refractivity contribution in [2.45, 2.75) is 63.6 Å². The molecule has 4 aliphatic heterocycles. The van der Waals surface area contributed by atoms with Crippen LogP contribution in [-0.4, -0.2) is 124 Å². The summed E-state index contributed by atoms with van der Waals surface area (Å²) in [6.45, 7) is 8.23. The van der Waals surface area contributed by atoms with Crippen LogP contribution in [0.5, 0.6) is 0 Å². The Morgan fingerprint density at radius 2 is 1.70 bits per heavy atom. The summed E-state index contributed by atoms with van der Waals surface area (Å²) in [6, 6.07) is 10.3. The van der Waals surface area contributed by atoms with E-state index in [1.165, 1.54) is 0 Å². The first-order valence-electron chi connectivity index (χ1n) is 17.1. The van der Waals surface area contributed by atoms with Crippen molar-refractivity contribution in [3.05, 3.63) is 65.6 Å². The van der Waals surface area contributed by atoms with Gasteiger partial charge in [-0.25, -0.2) is 14.6 Å². The highest BCUT2D eigenvalue weighted by Crippen LogP contribution is 2.26. The Hall–Kier alpha value is -4.16. The maximum Gasteiger partial charge on any atom is 0.410 e. The van der Waals surface area contributed by atoms with Gasteiger partial charge in [0.15, 0.2) is 6.10 Å². The van der Waals surface area contributed by atoms with Gasteiger partial charge >= 0.3 is 12.1 Å². The van der Waals surface area contributed by atoms with Crippen LogP contribution in [0.3, 0.4) is 0 Å². The van der Waals surface area contributed by atoms with E-state index in [0.717, 1.165) is 73.6 Å². The first-order valence-corrected chi connectivity index (χ1v) is 17.1. The van der Waals surface area contributed by atoms with Crippen molar-refractivity contribution in [3.8, 4) is 0 Å². The molecule has 0 aliphatic carbocycles. The number of benzene rings is 1. The van der Waals surface area contributed by atoms with E-state index in [1.807, 2.05) is 57.8 Å². The molecule has 47 heavy (non-hydrogen) atoms. The smallest absolute Gasteiger partial charge is 0.410 e. The Kier molecular flexibility index (Phi) is 9.30. The third kappa shape index (κ3) is 6.94. The van der Waals surface area contributed by atoms with E-state index >= 15 is 0 Å². The van der Waals surface area contributed by atoms with Crippen molar-refractivity contribution in [2.75, 3.05) is 64.3 Å². The van der Waals surface area contributed by atoms with Gasteiger partial charge in [-0.3, -0.25) is 9.69 Å². The molecule has 4 amide bonds. The van der Waals surface area contributed by atoms with E-state index in [0.29, 0.717) is 51.6 Å². The fourth-order valence-corrected chi connectivity index (χ4v) is 7.68. The van der Waals surface area contributed by atoms with Crippen LogP contribution in [0, 0.1) is 6.92 Å². The third-order valence-corrected chi connectivity index (χ3v) is 10.3. The summed E-state index contributed by atoms with van der Waals surface area (Å²) in [5.41, 5.74) is 4.77. The van der Waals surface area contributed by atoms with Crippen molar-refractivity contribution < 1.29 is 23.9 Å². The molecular formula is C35H45N7O5. The number of ether oxygens (including phenoxy) is 2.